The number of hydrogen-bond donors (Lipinski definition) is 2. The normalized spacial score (nSPS) is 16.1. The van der Waals surface area contributed by atoms with Gasteiger partial charge < -0.3 is 15.7 Å². The third kappa shape index (κ3) is 4.46. The van der Waals surface area contributed by atoms with E-state index < -0.39 is 5.60 Å². The van der Waals surface area contributed by atoms with Gasteiger partial charge in [0.15, 0.2) is 5.82 Å². The number of pyridine rings is 1. The molecule has 1 saturated heterocycles. The van der Waals surface area contributed by atoms with Crippen molar-refractivity contribution >= 4 is 35.2 Å². The monoisotopic (exact) mass is 457 g/mol. The van der Waals surface area contributed by atoms with E-state index in [1.54, 1.807) is 18.5 Å². The Morgan fingerprint density at radius 1 is 1.29 bits per heavy atom. The van der Waals surface area contributed by atoms with E-state index in [2.05, 4.69) is 25.9 Å². The molecule has 0 spiro atoms. The molecule has 3 N–H and O–H groups in total. The van der Waals surface area contributed by atoms with E-state index in [4.69, 9.17) is 10.7 Å². The van der Waals surface area contributed by atoms with Crippen LogP contribution in [0.1, 0.15) is 31.5 Å². The van der Waals surface area contributed by atoms with E-state index in [-0.39, 0.29) is 23.9 Å². The van der Waals surface area contributed by atoms with Crippen molar-refractivity contribution in [1.82, 2.24) is 19.9 Å². The minimum Gasteiger partial charge on any atom is -0.398 e. The molecule has 8 nitrogen and oxygen atoms in total. The number of halogens is 1. The van der Waals surface area contributed by atoms with E-state index in [9.17, 15) is 10.4 Å². The summed E-state index contributed by atoms with van der Waals surface area (Å²) >= 11 is 1.45. The average molecular weight is 458 g/mol. The van der Waals surface area contributed by atoms with Crippen molar-refractivity contribution in [3.63, 3.8) is 0 Å². The van der Waals surface area contributed by atoms with Gasteiger partial charge in [-0.05, 0) is 33.3 Å². The summed E-state index contributed by atoms with van der Waals surface area (Å²) in [4.78, 5) is 20.4. The molecular formula is C21H24ClN7OS. The highest BCUT2D eigenvalue weighted by atomic mass is 35.5. The second-order valence-corrected chi connectivity index (χ2v) is 8.91. The van der Waals surface area contributed by atoms with Crippen molar-refractivity contribution in [3.8, 4) is 28.2 Å². The van der Waals surface area contributed by atoms with Crippen LogP contribution in [0.2, 0.25) is 0 Å². The number of nitrogen functional groups attached to an aromatic ring is 1. The Morgan fingerprint density at radius 2 is 2.06 bits per heavy atom. The predicted octanol–water partition coefficient (Wildman–Crippen LogP) is 3.44. The lowest BCUT2D eigenvalue weighted by Crippen LogP contribution is -2.33. The van der Waals surface area contributed by atoms with Crippen LogP contribution in [0.15, 0.2) is 23.8 Å². The van der Waals surface area contributed by atoms with Crippen molar-refractivity contribution < 1.29 is 5.11 Å². The Hall–Kier alpha value is -2.80. The average Bonchev–Trinajstić information content (AvgIpc) is 3.39. The predicted molar refractivity (Wildman–Crippen MR) is 124 cm³/mol. The van der Waals surface area contributed by atoms with Crippen LogP contribution in [0.5, 0.6) is 0 Å². The standard InChI is InChI=1S/C21H23N7OS.ClH/c1-12-19(28-6-4-13(11-28)21(2,3)29)27-17(10-25-12)18-14(9-22)15(23)8-16(26-18)20-24-5-7-30-20;/h5,7-8,10,13,29H,4,6,11H2,1-3H3,(H2,23,26);1H. The number of aryl methyl sites for hydroxylation is 1. The molecule has 0 radical (unpaired) electrons. The molecule has 1 fully saturated rings. The summed E-state index contributed by atoms with van der Waals surface area (Å²) in [6.07, 6.45) is 4.20. The van der Waals surface area contributed by atoms with E-state index >= 15 is 0 Å². The molecule has 162 valence electrons. The van der Waals surface area contributed by atoms with Gasteiger partial charge >= 0.3 is 0 Å². The molecule has 0 aromatic carbocycles. The number of nitrogens with zero attached hydrogens (tertiary/aromatic N) is 6. The summed E-state index contributed by atoms with van der Waals surface area (Å²) in [7, 11) is 0. The molecule has 0 bridgehead atoms. The lowest BCUT2D eigenvalue weighted by atomic mass is 9.90. The number of hydrogen-bond acceptors (Lipinski definition) is 9. The number of rotatable bonds is 4. The van der Waals surface area contributed by atoms with Crippen LogP contribution in [-0.2, 0) is 0 Å². The fraction of sp³-hybridized carbons (Fsp3) is 0.381. The maximum atomic E-state index is 10.4. The van der Waals surface area contributed by atoms with Gasteiger partial charge in [-0.15, -0.1) is 23.7 Å². The van der Waals surface area contributed by atoms with Gasteiger partial charge in [0.2, 0.25) is 0 Å². The zero-order valence-corrected chi connectivity index (χ0v) is 19.2. The number of nitrogens with two attached hydrogens (primary N) is 1. The van der Waals surface area contributed by atoms with Crippen LogP contribution >= 0.6 is 23.7 Å². The topological polar surface area (TPSA) is 125 Å². The quantitative estimate of drug-likeness (QED) is 0.610. The molecule has 4 rings (SSSR count). The molecule has 4 heterocycles. The lowest BCUT2D eigenvalue weighted by molar-refractivity contribution is 0.0263. The highest BCUT2D eigenvalue weighted by molar-refractivity contribution is 7.13. The van der Waals surface area contributed by atoms with E-state index in [0.29, 0.717) is 29.3 Å². The molecule has 0 aliphatic carbocycles. The van der Waals surface area contributed by atoms with Gasteiger partial charge in [0.1, 0.15) is 33.7 Å². The molecule has 3 aromatic heterocycles. The molecule has 10 heteroatoms. The van der Waals surface area contributed by atoms with Gasteiger partial charge in [-0.2, -0.15) is 5.26 Å². The van der Waals surface area contributed by atoms with Crippen molar-refractivity contribution in [2.75, 3.05) is 23.7 Å². The first kappa shape index (κ1) is 22.9. The number of aromatic nitrogens is 4. The van der Waals surface area contributed by atoms with Crippen molar-refractivity contribution in [3.05, 3.63) is 35.1 Å². The highest BCUT2D eigenvalue weighted by Crippen LogP contribution is 2.34. The second kappa shape index (κ2) is 8.75. The largest absolute Gasteiger partial charge is 0.398 e. The number of anilines is 2. The van der Waals surface area contributed by atoms with Crippen molar-refractivity contribution in [2.24, 2.45) is 5.92 Å². The number of nitriles is 1. The highest BCUT2D eigenvalue weighted by Gasteiger charge is 2.34. The van der Waals surface area contributed by atoms with Gasteiger partial charge in [0, 0.05) is 30.6 Å². The third-order valence-electron chi connectivity index (χ3n) is 5.47. The van der Waals surface area contributed by atoms with Crippen LogP contribution < -0.4 is 10.6 Å². The fourth-order valence-electron chi connectivity index (χ4n) is 3.71. The smallest absolute Gasteiger partial charge is 0.150 e. The third-order valence-corrected chi connectivity index (χ3v) is 6.27. The van der Waals surface area contributed by atoms with Crippen LogP contribution in [0.4, 0.5) is 11.5 Å². The van der Waals surface area contributed by atoms with Crippen LogP contribution in [-0.4, -0.2) is 43.7 Å². The van der Waals surface area contributed by atoms with Gasteiger partial charge in [-0.25, -0.2) is 15.0 Å². The van der Waals surface area contributed by atoms with E-state index in [1.165, 1.54) is 11.3 Å². The Kier molecular flexibility index (Phi) is 6.46. The summed E-state index contributed by atoms with van der Waals surface area (Å²) in [5.74, 6) is 0.891. The van der Waals surface area contributed by atoms with Gasteiger partial charge in [-0.1, -0.05) is 0 Å². The maximum absolute atomic E-state index is 10.4. The van der Waals surface area contributed by atoms with Gasteiger partial charge in [-0.3, -0.25) is 4.98 Å². The zero-order valence-electron chi connectivity index (χ0n) is 17.5. The minimum absolute atomic E-state index is 0. The molecule has 1 aliphatic heterocycles. The molecule has 1 atom stereocenters. The number of aliphatic hydroxyl groups is 1. The van der Waals surface area contributed by atoms with Gasteiger partial charge in [0.05, 0.1) is 23.2 Å². The molecule has 0 amide bonds. The minimum atomic E-state index is -0.750. The first-order valence-electron chi connectivity index (χ1n) is 9.69. The lowest BCUT2D eigenvalue weighted by Gasteiger charge is -2.26. The van der Waals surface area contributed by atoms with E-state index in [0.717, 1.165) is 29.5 Å². The molecule has 3 aromatic rings. The summed E-state index contributed by atoms with van der Waals surface area (Å²) in [5, 5.41) is 22.6. The van der Waals surface area contributed by atoms with Crippen molar-refractivity contribution in [1.29, 1.82) is 5.26 Å². The zero-order chi connectivity index (χ0) is 21.5. The summed E-state index contributed by atoms with van der Waals surface area (Å²) in [5.41, 5.74) is 8.29. The SMILES string of the molecule is Cc1ncc(-c2nc(-c3nccs3)cc(N)c2C#N)nc1N1CCC(C(C)(C)O)C1.Cl. The summed E-state index contributed by atoms with van der Waals surface area (Å²) in [6, 6.07) is 3.81. The Morgan fingerprint density at radius 3 is 2.68 bits per heavy atom. The molecule has 0 saturated carbocycles. The molecule has 1 unspecified atom stereocenters. The first-order valence-corrected chi connectivity index (χ1v) is 10.6. The molecule has 31 heavy (non-hydrogen) atoms. The molecule has 1 aliphatic rings. The first-order chi connectivity index (χ1) is 14.3. The maximum Gasteiger partial charge on any atom is 0.150 e. The second-order valence-electron chi connectivity index (χ2n) is 8.02. The van der Waals surface area contributed by atoms with Crippen LogP contribution in [0.3, 0.4) is 0 Å². The Balaban J connectivity index is 0.00000272. The summed E-state index contributed by atoms with van der Waals surface area (Å²) in [6.45, 7) is 7.07. The van der Waals surface area contributed by atoms with Crippen LogP contribution in [0.25, 0.3) is 22.1 Å². The fourth-order valence-corrected chi connectivity index (χ4v) is 4.31. The van der Waals surface area contributed by atoms with Gasteiger partial charge in [0.25, 0.3) is 0 Å². The summed E-state index contributed by atoms with van der Waals surface area (Å²) < 4.78 is 0. The van der Waals surface area contributed by atoms with Crippen LogP contribution in [0, 0.1) is 24.2 Å². The van der Waals surface area contributed by atoms with Crippen molar-refractivity contribution in [2.45, 2.75) is 32.8 Å². The number of thiazole rings is 1. The van der Waals surface area contributed by atoms with E-state index in [1.807, 2.05) is 26.2 Å². The molecular weight excluding hydrogens is 434 g/mol. The Bertz CT molecular complexity index is 1120. The Labute approximate surface area is 191 Å².